The average Bonchev–Trinajstić information content (AvgIpc) is 3.22. The molecule has 0 unspecified atom stereocenters. The van der Waals surface area contributed by atoms with Crippen molar-refractivity contribution < 1.29 is 4.74 Å². The van der Waals surface area contributed by atoms with Crippen molar-refractivity contribution in [1.29, 1.82) is 0 Å². The first-order chi connectivity index (χ1) is 11.3. The Hall–Kier alpha value is -2.36. The third kappa shape index (κ3) is 2.69. The van der Waals surface area contributed by atoms with Gasteiger partial charge in [-0.2, -0.15) is 0 Å². The van der Waals surface area contributed by atoms with Gasteiger partial charge < -0.3 is 9.30 Å². The topological polar surface area (TPSA) is 39.9 Å². The molecular weight excluding hydrogens is 286 g/mol. The molecule has 2 aromatic heterocycles. The van der Waals surface area contributed by atoms with Crippen molar-refractivity contribution in [3.63, 3.8) is 0 Å². The van der Waals surface area contributed by atoms with Crippen LogP contribution in [0.25, 0.3) is 11.2 Å². The smallest absolute Gasteiger partial charge is 0.160 e. The van der Waals surface area contributed by atoms with E-state index >= 15 is 0 Å². The number of benzene rings is 1. The molecule has 118 valence electrons. The van der Waals surface area contributed by atoms with Crippen LogP contribution in [0.5, 0.6) is 5.75 Å². The zero-order chi connectivity index (χ0) is 15.6. The summed E-state index contributed by atoms with van der Waals surface area (Å²) < 4.78 is 7.62. The second-order valence-corrected chi connectivity index (χ2v) is 6.21. The fourth-order valence-corrected chi connectivity index (χ4v) is 3.57. The van der Waals surface area contributed by atoms with Crippen molar-refractivity contribution in [3.05, 3.63) is 54.0 Å². The fraction of sp³-hybridized carbons (Fsp3) is 0.368. The van der Waals surface area contributed by atoms with E-state index in [4.69, 9.17) is 9.72 Å². The molecule has 0 bridgehead atoms. The molecule has 0 N–H and O–H groups in total. The molecule has 0 saturated heterocycles. The molecule has 2 heterocycles. The van der Waals surface area contributed by atoms with E-state index in [1.807, 2.05) is 24.4 Å². The van der Waals surface area contributed by atoms with Crippen molar-refractivity contribution in [3.8, 4) is 5.75 Å². The van der Waals surface area contributed by atoms with E-state index in [-0.39, 0.29) is 0 Å². The summed E-state index contributed by atoms with van der Waals surface area (Å²) in [6.07, 6.45) is 7.77. The lowest BCUT2D eigenvalue weighted by Crippen LogP contribution is -2.10. The molecule has 0 radical (unpaired) electrons. The molecule has 1 aromatic carbocycles. The Labute approximate surface area is 136 Å². The Morgan fingerprint density at radius 3 is 2.65 bits per heavy atom. The zero-order valence-corrected chi connectivity index (χ0v) is 13.4. The number of rotatable bonds is 4. The Bertz CT molecular complexity index is 801. The van der Waals surface area contributed by atoms with Gasteiger partial charge in [0.2, 0.25) is 0 Å². The van der Waals surface area contributed by atoms with Crippen LogP contribution in [-0.2, 0) is 6.42 Å². The van der Waals surface area contributed by atoms with Crippen molar-refractivity contribution in [2.75, 3.05) is 7.11 Å². The molecule has 4 heteroatoms. The SMILES string of the molecule is COc1ccc(Cc2nc3cccnc3n2C2CCCC2)cc1. The lowest BCUT2D eigenvalue weighted by molar-refractivity contribution is 0.414. The van der Waals surface area contributed by atoms with Crippen LogP contribution in [0.15, 0.2) is 42.6 Å². The van der Waals surface area contributed by atoms with E-state index in [9.17, 15) is 0 Å². The van der Waals surface area contributed by atoms with E-state index in [1.54, 1.807) is 7.11 Å². The first-order valence-corrected chi connectivity index (χ1v) is 8.30. The van der Waals surface area contributed by atoms with Gasteiger partial charge in [0.25, 0.3) is 0 Å². The lowest BCUT2D eigenvalue weighted by atomic mass is 10.1. The maximum absolute atomic E-state index is 5.24. The number of hydrogen-bond acceptors (Lipinski definition) is 3. The molecule has 4 rings (SSSR count). The summed E-state index contributed by atoms with van der Waals surface area (Å²) in [5, 5.41) is 0. The van der Waals surface area contributed by atoms with Gasteiger partial charge in [-0.15, -0.1) is 0 Å². The highest BCUT2D eigenvalue weighted by Crippen LogP contribution is 2.33. The van der Waals surface area contributed by atoms with Crippen molar-refractivity contribution in [1.82, 2.24) is 14.5 Å². The number of imidazole rings is 1. The standard InChI is InChI=1S/C19H21N3O/c1-23-16-10-8-14(9-11-16)13-18-21-17-7-4-12-20-19(17)22(18)15-5-2-3-6-15/h4,7-12,15H,2-3,5-6,13H2,1H3. The predicted molar refractivity (Wildman–Crippen MR) is 90.8 cm³/mol. The number of fused-ring (bicyclic) bond motifs is 1. The third-order valence-electron chi connectivity index (χ3n) is 4.73. The van der Waals surface area contributed by atoms with Crippen LogP contribution in [0.4, 0.5) is 0 Å². The Morgan fingerprint density at radius 2 is 1.91 bits per heavy atom. The van der Waals surface area contributed by atoms with Crippen LogP contribution < -0.4 is 4.74 Å². The van der Waals surface area contributed by atoms with Crippen LogP contribution in [0, 0.1) is 0 Å². The molecule has 1 fully saturated rings. The largest absolute Gasteiger partial charge is 0.497 e. The van der Waals surface area contributed by atoms with Gasteiger partial charge in [-0.05, 0) is 42.7 Å². The summed E-state index contributed by atoms with van der Waals surface area (Å²) in [4.78, 5) is 9.46. The average molecular weight is 307 g/mol. The molecule has 4 nitrogen and oxygen atoms in total. The predicted octanol–water partition coefficient (Wildman–Crippen LogP) is 4.15. The monoisotopic (exact) mass is 307 g/mol. The number of ether oxygens (including phenoxy) is 1. The minimum Gasteiger partial charge on any atom is -0.497 e. The second kappa shape index (κ2) is 6.03. The highest BCUT2D eigenvalue weighted by molar-refractivity contribution is 5.71. The highest BCUT2D eigenvalue weighted by Gasteiger charge is 2.23. The lowest BCUT2D eigenvalue weighted by Gasteiger charge is -2.15. The summed E-state index contributed by atoms with van der Waals surface area (Å²) in [6.45, 7) is 0. The van der Waals surface area contributed by atoms with Gasteiger partial charge in [-0.25, -0.2) is 9.97 Å². The van der Waals surface area contributed by atoms with Crippen LogP contribution in [0.1, 0.15) is 43.1 Å². The van der Waals surface area contributed by atoms with E-state index in [2.05, 4.69) is 27.8 Å². The van der Waals surface area contributed by atoms with Gasteiger partial charge in [0.1, 0.15) is 17.1 Å². The fourth-order valence-electron chi connectivity index (χ4n) is 3.57. The number of pyridine rings is 1. The Balaban J connectivity index is 1.74. The quantitative estimate of drug-likeness (QED) is 0.727. The summed E-state index contributed by atoms with van der Waals surface area (Å²) >= 11 is 0. The number of hydrogen-bond donors (Lipinski definition) is 0. The highest BCUT2D eigenvalue weighted by atomic mass is 16.5. The molecule has 1 aliphatic rings. The summed E-state index contributed by atoms with van der Waals surface area (Å²) in [7, 11) is 1.69. The molecular formula is C19H21N3O. The maximum atomic E-state index is 5.24. The normalized spacial score (nSPS) is 15.3. The molecule has 0 amide bonds. The first kappa shape index (κ1) is 14.2. The molecule has 0 atom stereocenters. The van der Waals surface area contributed by atoms with Crippen LogP contribution in [-0.4, -0.2) is 21.6 Å². The number of nitrogens with zero attached hydrogens (tertiary/aromatic N) is 3. The minimum atomic E-state index is 0.545. The van der Waals surface area contributed by atoms with E-state index in [0.29, 0.717) is 6.04 Å². The second-order valence-electron chi connectivity index (χ2n) is 6.21. The Kier molecular flexibility index (Phi) is 3.74. The Morgan fingerprint density at radius 1 is 1.13 bits per heavy atom. The third-order valence-corrected chi connectivity index (χ3v) is 4.73. The van der Waals surface area contributed by atoms with E-state index in [0.717, 1.165) is 29.2 Å². The van der Waals surface area contributed by atoms with Gasteiger partial charge in [-0.1, -0.05) is 25.0 Å². The summed E-state index contributed by atoms with van der Waals surface area (Å²) in [5.41, 5.74) is 3.28. The van der Waals surface area contributed by atoms with Crippen molar-refractivity contribution in [2.24, 2.45) is 0 Å². The molecule has 1 aliphatic carbocycles. The molecule has 0 spiro atoms. The van der Waals surface area contributed by atoms with Gasteiger partial charge in [0.05, 0.1) is 7.11 Å². The first-order valence-electron chi connectivity index (χ1n) is 8.30. The van der Waals surface area contributed by atoms with Crippen molar-refractivity contribution in [2.45, 2.75) is 38.1 Å². The molecule has 0 aliphatic heterocycles. The van der Waals surface area contributed by atoms with Crippen LogP contribution in [0.2, 0.25) is 0 Å². The van der Waals surface area contributed by atoms with Gasteiger partial charge in [-0.3, -0.25) is 0 Å². The minimum absolute atomic E-state index is 0.545. The molecule has 23 heavy (non-hydrogen) atoms. The maximum Gasteiger partial charge on any atom is 0.160 e. The van der Waals surface area contributed by atoms with E-state index < -0.39 is 0 Å². The van der Waals surface area contributed by atoms with Crippen LogP contribution >= 0.6 is 0 Å². The van der Waals surface area contributed by atoms with Crippen LogP contribution in [0.3, 0.4) is 0 Å². The number of methoxy groups -OCH3 is 1. The summed E-state index contributed by atoms with van der Waals surface area (Å²) in [5.74, 6) is 2.01. The van der Waals surface area contributed by atoms with Gasteiger partial charge >= 0.3 is 0 Å². The summed E-state index contributed by atoms with van der Waals surface area (Å²) in [6, 6.07) is 12.8. The molecule has 1 saturated carbocycles. The molecule has 3 aromatic rings. The number of aromatic nitrogens is 3. The van der Waals surface area contributed by atoms with Gasteiger partial charge in [0.15, 0.2) is 5.65 Å². The van der Waals surface area contributed by atoms with Crippen molar-refractivity contribution >= 4 is 11.2 Å². The zero-order valence-electron chi connectivity index (χ0n) is 13.4. The van der Waals surface area contributed by atoms with E-state index in [1.165, 1.54) is 31.2 Å². The van der Waals surface area contributed by atoms with Gasteiger partial charge in [0, 0.05) is 18.7 Å².